The highest BCUT2D eigenvalue weighted by Crippen LogP contribution is 2.34. The Balaban J connectivity index is 1.49. The number of alkyl halides is 2. The smallest absolute Gasteiger partial charge is 0.264 e. The van der Waals surface area contributed by atoms with Crippen molar-refractivity contribution < 1.29 is 13.3 Å². The second-order valence-electron chi connectivity index (χ2n) is 7.21. The fourth-order valence-electron chi connectivity index (χ4n) is 3.83. The highest BCUT2D eigenvalue weighted by atomic mass is 19.3. The summed E-state index contributed by atoms with van der Waals surface area (Å²) in [4.78, 5) is 11.4. The third kappa shape index (κ3) is 3.69. The van der Waals surface area contributed by atoms with E-state index >= 15 is 0 Å². The maximum Gasteiger partial charge on any atom is 0.264 e. The van der Waals surface area contributed by atoms with Crippen LogP contribution in [-0.4, -0.2) is 33.1 Å². The Bertz CT molecular complexity index is 948. The van der Waals surface area contributed by atoms with Gasteiger partial charge in [-0.15, -0.1) is 0 Å². The number of aromatic nitrogens is 3. The largest absolute Gasteiger partial charge is 0.336 e. The van der Waals surface area contributed by atoms with Crippen molar-refractivity contribution >= 4 is 11.1 Å². The van der Waals surface area contributed by atoms with Crippen LogP contribution < -0.4 is 0 Å². The van der Waals surface area contributed by atoms with Crippen LogP contribution in [0.2, 0.25) is 0 Å². The molecule has 27 heavy (non-hydrogen) atoms. The van der Waals surface area contributed by atoms with Crippen LogP contribution in [0.15, 0.2) is 28.8 Å². The Morgan fingerprint density at radius 1 is 1.19 bits per heavy atom. The van der Waals surface area contributed by atoms with Gasteiger partial charge in [-0.3, -0.25) is 9.88 Å². The van der Waals surface area contributed by atoms with Crippen LogP contribution in [0.3, 0.4) is 0 Å². The molecule has 0 amide bonds. The van der Waals surface area contributed by atoms with Crippen molar-refractivity contribution in [3.05, 3.63) is 52.6 Å². The zero-order valence-electron chi connectivity index (χ0n) is 15.5. The molecule has 3 aromatic rings. The first-order valence-electron chi connectivity index (χ1n) is 9.21. The molecule has 0 aromatic carbocycles. The fourth-order valence-corrected chi connectivity index (χ4v) is 3.83. The van der Waals surface area contributed by atoms with Crippen LogP contribution in [-0.2, 0) is 6.54 Å². The van der Waals surface area contributed by atoms with Crippen LogP contribution in [0.4, 0.5) is 8.78 Å². The Labute approximate surface area is 156 Å². The minimum absolute atomic E-state index is 0.0276. The second kappa shape index (κ2) is 7.31. The molecular weight excluding hydrogens is 350 g/mol. The number of aryl methyl sites for hydroxylation is 2. The number of hydrogen-bond donors (Lipinski definition) is 0. The van der Waals surface area contributed by atoms with Gasteiger partial charge in [0.25, 0.3) is 12.1 Å². The van der Waals surface area contributed by atoms with E-state index in [4.69, 9.17) is 4.52 Å². The maximum absolute atomic E-state index is 13.5. The zero-order chi connectivity index (χ0) is 19.0. The van der Waals surface area contributed by atoms with Crippen molar-refractivity contribution in [2.45, 2.75) is 45.6 Å². The van der Waals surface area contributed by atoms with E-state index in [1.54, 1.807) is 13.0 Å². The predicted molar refractivity (Wildman–Crippen MR) is 97.7 cm³/mol. The van der Waals surface area contributed by atoms with Crippen LogP contribution in [0, 0.1) is 13.8 Å². The molecular formula is C20H22F2N4O. The van der Waals surface area contributed by atoms with Crippen molar-refractivity contribution in [1.82, 2.24) is 20.0 Å². The Morgan fingerprint density at radius 2 is 1.96 bits per heavy atom. The minimum atomic E-state index is -2.57. The molecule has 0 atom stereocenters. The molecule has 0 spiro atoms. The Kier molecular flexibility index (Phi) is 4.86. The molecule has 1 aliphatic heterocycles. The second-order valence-corrected chi connectivity index (χ2v) is 7.21. The predicted octanol–water partition coefficient (Wildman–Crippen LogP) is 4.55. The molecule has 0 saturated carbocycles. The van der Waals surface area contributed by atoms with E-state index in [0.29, 0.717) is 16.8 Å². The average Bonchev–Trinajstić information content (AvgIpc) is 3.02. The molecule has 1 aliphatic rings. The summed E-state index contributed by atoms with van der Waals surface area (Å²) in [5.41, 5.74) is 3.40. The minimum Gasteiger partial charge on any atom is -0.336 e. The van der Waals surface area contributed by atoms with E-state index in [1.807, 2.05) is 25.1 Å². The summed E-state index contributed by atoms with van der Waals surface area (Å²) < 4.78 is 32.2. The van der Waals surface area contributed by atoms with Crippen molar-refractivity contribution in [3.8, 4) is 0 Å². The molecule has 4 rings (SSSR count). The average molecular weight is 372 g/mol. The summed E-state index contributed by atoms with van der Waals surface area (Å²) in [7, 11) is 0. The summed E-state index contributed by atoms with van der Waals surface area (Å²) in [6, 6.07) is 7.59. The summed E-state index contributed by atoms with van der Waals surface area (Å²) in [6.07, 6.45) is -0.819. The molecule has 4 heterocycles. The number of piperidine rings is 1. The molecule has 3 aromatic heterocycles. The highest BCUT2D eigenvalue weighted by molar-refractivity contribution is 5.80. The van der Waals surface area contributed by atoms with Gasteiger partial charge in [0, 0.05) is 29.4 Å². The monoisotopic (exact) mass is 372 g/mol. The molecule has 5 nitrogen and oxygen atoms in total. The lowest BCUT2D eigenvalue weighted by atomic mass is 9.91. The first-order valence-corrected chi connectivity index (χ1v) is 9.21. The molecule has 1 saturated heterocycles. The van der Waals surface area contributed by atoms with Gasteiger partial charge in [0.05, 0.1) is 16.8 Å². The lowest BCUT2D eigenvalue weighted by molar-refractivity contribution is 0.152. The quantitative estimate of drug-likeness (QED) is 0.672. The third-order valence-corrected chi connectivity index (χ3v) is 5.24. The summed E-state index contributed by atoms with van der Waals surface area (Å²) in [5.74, 6) is 0.152. The standard InChI is InChI=1S/C20H22F2N4O/c1-12-4-3-5-15(23-12)11-26-8-6-14(7-9-26)17-10-16(19(21)22)18-13(2)25-27-20(18)24-17/h3-5,10,14,19H,6-9,11H2,1-2H3. The normalized spacial score (nSPS) is 16.5. The van der Waals surface area contributed by atoms with Crippen LogP contribution in [0.25, 0.3) is 11.1 Å². The molecule has 142 valence electrons. The van der Waals surface area contributed by atoms with Crippen molar-refractivity contribution in [2.24, 2.45) is 0 Å². The van der Waals surface area contributed by atoms with Gasteiger partial charge >= 0.3 is 0 Å². The van der Waals surface area contributed by atoms with E-state index in [0.717, 1.165) is 43.9 Å². The van der Waals surface area contributed by atoms with Gasteiger partial charge in [-0.25, -0.2) is 13.8 Å². The van der Waals surface area contributed by atoms with Crippen LogP contribution in [0.5, 0.6) is 0 Å². The Morgan fingerprint density at radius 3 is 2.67 bits per heavy atom. The molecule has 0 N–H and O–H groups in total. The number of pyridine rings is 2. The summed E-state index contributed by atoms with van der Waals surface area (Å²) in [5, 5.41) is 4.15. The highest BCUT2D eigenvalue weighted by Gasteiger charge is 2.26. The van der Waals surface area contributed by atoms with Crippen LogP contribution in [0.1, 0.15) is 53.5 Å². The van der Waals surface area contributed by atoms with E-state index in [9.17, 15) is 8.78 Å². The molecule has 0 bridgehead atoms. The first-order chi connectivity index (χ1) is 13.0. The van der Waals surface area contributed by atoms with Crippen molar-refractivity contribution in [3.63, 3.8) is 0 Å². The number of rotatable bonds is 4. The van der Waals surface area contributed by atoms with E-state index < -0.39 is 6.43 Å². The van der Waals surface area contributed by atoms with E-state index in [2.05, 4.69) is 20.0 Å². The van der Waals surface area contributed by atoms with Gasteiger partial charge in [-0.2, -0.15) is 0 Å². The van der Waals surface area contributed by atoms with Crippen molar-refractivity contribution in [1.29, 1.82) is 0 Å². The number of likely N-dealkylation sites (tertiary alicyclic amines) is 1. The van der Waals surface area contributed by atoms with Gasteiger partial charge in [-0.05, 0) is 58.0 Å². The zero-order valence-corrected chi connectivity index (χ0v) is 15.5. The molecule has 1 fully saturated rings. The van der Waals surface area contributed by atoms with E-state index in [-0.39, 0.29) is 17.2 Å². The molecule has 7 heteroatoms. The SMILES string of the molecule is Cc1cccc(CN2CCC(c3cc(C(F)F)c4c(C)noc4n3)CC2)n1. The third-order valence-electron chi connectivity index (χ3n) is 5.24. The lowest BCUT2D eigenvalue weighted by Gasteiger charge is -2.31. The maximum atomic E-state index is 13.5. The number of hydrogen-bond acceptors (Lipinski definition) is 5. The van der Waals surface area contributed by atoms with E-state index in [1.165, 1.54) is 0 Å². The van der Waals surface area contributed by atoms with Crippen LogP contribution >= 0.6 is 0 Å². The Hall–Kier alpha value is -2.41. The summed E-state index contributed by atoms with van der Waals surface area (Å²) >= 11 is 0. The molecule has 0 radical (unpaired) electrons. The number of halogens is 2. The van der Waals surface area contributed by atoms with Gasteiger partial charge < -0.3 is 4.52 Å². The van der Waals surface area contributed by atoms with Gasteiger partial charge in [0.15, 0.2) is 0 Å². The van der Waals surface area contributed by atoms with Gasteiger partial charge in [0.2, 0.25) is 0 Å². The number of fused-ring (bicyclic) bond motifs is 1. The first kappa shape index (κ1) is 18.0. The molecule has 0 unspecified atom stereocenters. The number of nitrogens with zero attached hydrogens (tertiary/aromatic N) is 4. The topological polar surface area (TPSA) is 55.1 Å². The molecule has 0 aliphatic carbocycles. The van der Waals surface area contributed by atoms with Crippen molar-refractivity contribution in [2.75, 3.05) is 13.1 Å². The lowest BCUT2D eigenvalue weighted by Crippen LogP contribution is -2.33. The summed E-state index contributed by atoms with van der Waals surface area (Å²) in [6.45, 7) is 6.24. The fraction of sp³-hybridized carbons (Fsp3) is 0.450. The van der Waals surface area contributed by atoms with Gasteiger partial charge in [0.1, 0.15) is 0 Å². The van der Waals surface area contributed by atoms with Gasteiger partial charge in [-0.1, -0.05) is 11.2 Å².